The lowest BCUT2D eigenvalue weighted by Gasteiger charge is -2.39. The molecule has 4 aliphatic rings. The van der Waals surface area contributed by atoms with E-state index in [1.807, 2.05) is 0 Å². The normalized spacial score (nSPS) is 28.2. The molecule has 5 rings (SSSR count). The number of carbonyl (C=O) groups is 1. The van der Waals surface area contributed by atoms with Crippen molar-refractivity contribution in [1.29, 1.82) is 0 Å². The summed E-state index contributed by atoms with van der Waals surface area (Å²) < 4.78 is 5.70. The van der Waals surface area contributed by atoms with Gasteiger partial charge in [0.15, 0.2) is 0 Å². The Morgan fingerprint density at radius 2 is 1.93 bits per heavy atom. The topological polar surface area (TPSA) is 32.8 Å². The number of aryl methyl sites for hydroxylation is 2. The van der Waals surface area contributed by atoms with E-state index < -0.39 is 0 Å². The van der Waals surface area contributed by atoms with E-state index in [2.05, 4.69) is 21.9 Å². The van der Waals surface area contributed by atoms with Crippen molar-refractivity contribution in [3.63, 3.8) is 0 Å². The number of piperidine rings is 1. The maximum absolute atomic E-state index is 13.3. The van der Waals surface area contributed by atoms with Crippen LogP contribution in [0, 0.1) is 11.3 Å². The van der Waals surface area contributed by atoms with Gasteiger partial charge in [-0.15, -0.1) is 0 Å². The van der Waals surface area contributed by atoms with Crippen molar-refractivity contribution in [3.8, 4) is 5.75 Å². The molecule has 2 aliphatic carbocycles. The fourth-order valence-corrected chi connectivity index (χ4v) is 5.62. The zero-order chi connectivity index (χ0) is 18.4. The number of rotatable bonds is 5. The molecular weight excluding hydrogens is 336 g/mol. The highest BCUT2D eigenvalue weighted by Gasteiger charge is 2.48. The number of amides is 1. The van der Waals surface area contributed by atoms with Crippen LogP contribution in [0.4, 0.5) is 0 Å². The first kappa shape index (κ1) is 17.5. The molecule has 27 heavy (non-hydrogen) atoms. The summed E-state index contributed by atoms with van der Waals surface area (Å²) in [5.74, 6) is 2.27. The standard InChI is InChI=1S/C23H32N2O2/c1-27-21-13-19-5-2-4-18(19)12-20(21)15-24-11-9-23(16-24)8-3-10-25(22(23)26)14-17-6-7-17/h12-13,17H,2-11,14-16H2,1H3/t23-/m0/s1. The van der Waals surface area contributed by atoms with Crippen LogP contribution in [0.1, 0.15) is 55.2 Å². The first-order chi connectivity index (χ1) is 13.2. The van der Waals surface area contributed by atoms with Crippen LogP contribution < -0.4 is 4.74 Å². The average Bonchev–Trinajstić information content (AvgIpc) is 3.22. The molecule has 1 atom stereocenters. The molecule has 2 aliphatic heterocycles. The van der Waals surface area contributed by atoms with Crippen LogP contribution >= 0.6 is 0 Å². The number of ether oxygens (including phenoxy) is 1. The van der Waals surface area contributed by atoms with Crippen LogP contribution in [0.2, 0.25) is 0 Å². The van der Waals surface area contributed by atoms with Crippen LogP contribution in [-0.4, -0.2) is 49.0 Å². The van der Waals surface area contributed by atoms with Gasteiger partial charge in [-0.25, -0.2) is 0 Å². The summed E-state index contributed by atoms with van der Waals surface area (Å²) in [6, 6.07) is 4.63. The summed E-state index contributed by atoms with van der Waals surface area (Å²) in [5, 5.41) is 0. The fourth-order valence-electron chi connectivity index (χ4n) is 5.62. The van der Waals surface area contributed by atoms with E-state index in [-0.39, 0.29) is 5.41 Å². The summed E-state index contributed by atoms with van der Waals surface area (Å²) in [7, 11) is 1.78. The lowest BCUT2D eigenvalue weighted by atomic mass is 9.78. The second-order valence-corrected chi connectivity index (χ2v) is 9.33. The average molecular weight is 369 g/mol. The summed E-state index contributed by atoms with van der Waals surface area (Å²) in [6.45, 7) is 4.86. The molecule has 2 heterocycles. The van der Waals surface area contributed by atoms with Crippen molar-refractivity contribution in [1.82, 2.24) is 9.80 Å². The number of fused-ring (bicyclic) bond motifs is 1. The Labute approximate surface area is 162 Å². The molecule has 4 nitrogen and oxygen atoms in total. The van der Waals surface area contributed by atoms with Crippen molar-refractivity contribution in [2.75, 3.05) is 33.3 Å². The minimum Gasteiger partial charge on any atom is -0.496 e. The molecule has 1 amide bonds. The third-order valence-corrected chi connectivity index (χ3v) is 7.32. The zero-order valence-electron chi connectivity index (χ0n) is 16.6. The van der Waals surface area contributed by atoms with Gasteiger partial charge in [0.05, 0.1) is 12.5 Å². The van der Waals surface area contributed by atoms with Crippen molar-refractivity contribution in [2.24, 2.45) is 11.3 Å². The number of nitrogens with zero attached hydrogens (tertiary/aromatic N) is 2. The Morgan fingerprint density at radius 1 is 1.11 bits per heavy atom. The number of likely N-dealkylation sites (tertiary alicyclic amines) is 2. The van der Waals surface area contributed by atoms with E-state index in [1.54, 1.807) is 7.11 Å². The van der Waals surface area contributed by atoms with Gasteiger partial charge in [0, 0.05) is 31.7 Å². The highest BCUT2D eigenvalue weighted by molar-refractivity contribution is 5.84. The van der Waals surface area contributed by atoms with Crippen molar-refractivity contribution in [2.45, 2.75) is 57.9 Å². The van der Waals surface area contributed by atoms with Gasteiger partial charge in [-0.2, -0.15) is 0 Å². The number of hydrogen-bond donors (Lipinski definition) is 0. The van der Waals surface area contributed by atoms with Crippen molar-refractivity contribution in [3.05, 3.63) is 28.8 Å². The first-order valence-corrected chi connectivity index (χ1v) is 10.9. The fraction of sp³-hybridized carbons (Fsp3) is 0.696. The molecule has 0 radical (unpaired) electrons. The van der Waals surface area contributed by atoms with Crippen LogP contribution in [-0.2, 0) is 24.2 Å². The molecule has 1 saturated carbocycles. The van der Waals surface area contributed by atoms with E-state index in [4.69, 9.17) is 4.74 Å². The Balaban J connectivity index is 1.30. The van der Waals surface area contributed by atoms with E-state index in [1.165, 1.54) is 55.2 Å². The smallest absolute Gasteiger partial charge is 0.230 e. The van der Waals surface area contributed by atoms with Gasteiger partial charge in [0.2, 0.25) is 5.91 Å². The van der Waals surface area contributed by atoms with E-state index in [0.717, 1.165) is 57.2 Å². The van der Waals surface area contributed by atoms with Crippen LogP contribution in [0.15, 0.2) is 12.1 Å². The number of carbonyl (C=O) groups excluding carboxylic acids is 1. The summed E-state index contributed by atoms with van der Waals surface area (Å²) in [6.07, 6.45) is 9.57. The second-order valence-electron chi connectivity index (χ2n) is 9.33. The molecule has 0 bridgehead atoms. The minimum absolute atomic E-state index is 0.114. The molecule has 0 N–H and O–H groups in total. The van der Waals surface area contributed by atoms with Gasteiger partial charge in [0.25, 0.3) is 0 Å². The lowest BCUT2D eigenvalue weighted by Crippen LogP contribution is -2.50. The van der Waals surface area contributed by atoms with Gasteiger partial charge in [-0.05, 0) is 81.0 Å². The molecule has 0 aromatic heterocycles. The van der Waals surface area contributed by atoms with Crippen molar-refractivity contribution < 1.29 is 9.53 Å². The molecule has 1 spiro atoms. The van der Waals surface area contributed by atoms with Gasteiger partial charge < -0.3 is 9.64 Å². The highest BCUT2D eigenvalue weighted by Crippen LogP contribution is 2.42. The number of benzene rings is 1. The summed E-state index contributed by atoms with van der Waals surface area (Å²) in [5.41, 5.74) is 4.15. The molecule has 2 saturated heterocycles. The van der Waals surface area contributed by atoms with Gasteiger partial charge in [0.1, 0.15) is 5.75 Å². The molecule has 146 valence electrons. The Bertz CT molecular complexity index is 742. The van der Waals surface area contributed by atoms with Crippen LogP contribution in [0.3, 0.4) is 0 Å². The Hall–Kier alpha value is -1.55. The maximum Gasteiger partial charge on any atom is 0.230 e. The van der Waals surface area contributed by atoms with Crippen LogP contribution in [0.25, 0.3) is 0 Å². The molecule has 1 aromatic rings. The predicted molar refractivity (Wildman–Crippen MR) is 106 cm³/mol. The summed E-state index contributed by atoms with van der Waals surface area (Å²) >= 11 is 0. The second kappa shape index (κ2) is 6.80. The quantitative estimate of drug-likeness (QED) is 0.798. The predicted octanol–water partition coefficient (Wildman–Crippen LogP) is 3.41. The largest absolute Gasteiger partial charge is 0.496 e. The Kier molecular flexibility index (Phi) is 4.42. The van der Waals surface area contributed by atoms with E-state index >= 15 is 0 Å². The zero-order valence-corrected chi connectivity index (χ0v) is 16.6. The highest BCUT2D eigenvalue weighted by atomic mass is 16.5. The third-order valence-electron chi connectivity index (χ3n) is 7.32. The minimum atomic E-state index is -0.114. The van der Waals surface area contributed by atoms with Gasteiger partial charge in [-0.3, -0.25) is 9.69 Å². The van der Waals surface area contributed by atoms with Crippen LogP contribution in [0.5, 0.6) is 5.75 Å². The van der Waals surface area contributed by atoms with Crippen molar-refractivity contribution >= 4 is 5.91 Å². The molecule has 3 fully saturated rings. The molecule has 1 aromatic carbocycles. The maximum atomic E-state index is 13.3. The third kappa shape index (κ3) is 3.26. The first-order valence-electron chi connectivity index (χ1n) is 10.9. The summed E-state index contributed by atoms with van der Waals surface area (Å²) in [4.78, 5) is 18.0. The monoisotopic (exact) mass is 368 g/mol. The number of hydrogen-bond acceptors (Lipinski definition) is 3. The molecular formula is C23H32N2O2. The molecule has 4 heteroatoms. The van der Waals surface area contributed by atoms with E-state index in [9.17, 15) is 4.79 Å². The number of methoxy groups -OCH3 is 1. The lowest BCUT2D eigenvalue weighted by molar-refractivity contribution is -0.145. The SMILES string of the molecule is COc1cc2c(cc1CN1CC[C@@]3(CCCN(CC4CC4)C3=O)C1)CCC2. The Morgan fingerprint density at radius 3 is 2.70 bits per heavy atom. The van der Waals surface area contributed by atoms with Gasteiger partial charge in [-0.1, -0.05) is 6.07 Å². The van der Waals surface area contributed by atoms with Gasteiger partial charge >= 0.3 is 0 Å². The molecule has 0 unspecified atom stereocenters. The van der Waals surface area contributed by atoms with E-state index in [0.29, 0.717) is 5.91 Å².